The average Bonchev–Trinajstić information content (AvgIpc) is 2.89. The molecule has 3 amide bonds. The van der Waals surface area contributed by atoms with E-state index >= 15 is 0 Å². The number of hydrogen-bond acceptors (Lipinski definition) is 4. The van der Waals surface area contributed by atoms with Gasteiger partial charge in [0.25, 0.3) is 0 Å². The largest absolute Gasteiger partial charge is 0.444 e. The Morgan fingerprint density at radius 3 is 2.54 bits per heavy atom. The summed E-state index contributed by atoms with van der Waals surface area (Å²) in [4.78, 5) is 26.2. The zero-order valence-electron chi connectivity index (χ0n) is 17.0. The van der Waals surface area contributed by atoms with Crippen molar-refractivity contribution in [3.63, 3.8) is 0 Å². The molecule has 2 heterocycles. The maximum Gasteiger partial charge on any atom is 0.410 e. The third kappa shape index (κ3) is 4.82. The minimum Gasteiger partial charge on any atom is -0.444 e. The first kappa shape index (κ1) is 19.7. The number of nitrogens with one attached hydrogen (secondary N) is 2. The molecule has 1 aromatic carbocycles. The molecule has 0 saturated carbocycles. The summed E-state index contributed by atoms with van der Waals surface area (Å²) in [5, 5.41) is 9.83. The highest BCUT2D eigenvalue weighted by Gasteiger charge is 2.25. The average molecular weight is 385 g/mol. The van der Waals surface area contributed by atoms with Gasteiger partial charge in [0.1, 0.15) is 11.4 Å². The molecule has 0 atom stereocenters. The predicted molar refractivity (Wildman–Crippen MR) is 107 cm³/mol. The highest BCUT2D eigenvalue weighted by atomic mass is 16.6. The van der Waals surface area contributed by atoms with Crippen LogP contribution in [0, 0.1) is 6.92 Å². The van der Waals surface area contributed by atoms with Crippen LogP contribution in [0.1, 0.15) is 37.6 Å². The summed E-state index contributed by atoms with van der Waals surface area (Å²) in [5.74, 6) is 0.626. The highest BCUT2D eigenvalue weighted by molar-refractivity contribution is 5.99. The molecule has 1 aromatic heterocycles. The summed E-state index contributed by atoms with van der Waals surface area (Å²) >= 11 is 0. The lowest BCUT2D eigenvalue weighted by Gasteiger charge is -2.31. The lowest BCUT2D eigenvalue weighted by atomic mass is 9.99. The SMILES string of the molecule is Cc1cc(NC(=O)Nc2ccc3c(c2)CCN(C(=O)OC(C)(C)C)C3)n(C)n1. The van der Waals surface area contributed by atoms with Crippen LogP contribution in [0.5, 0.6) is 0 Å². The van der Waals surface area contributed by atoms with Crippen LogP contribution in [-0.4, -0.2) is 39.0 Å². The molecule has 1 aliphatic rings. The molecule has 150 valence electrons. The summed E-state index contributed by atoms with van der Waals surface area (Å²) in [7, 11) is 1.78. The summed E-state index contributed by atoms with van der Waals surface area (Å²) in [6.07, 6.45) is 0.415. The molecule has 28 heavy (non-hydrogen) atoms. The van der Waals surface area contributed by atoms with Crippen molar-refractivity contribution in [3.8, 4) is 0 Å². The Hall–Kier alpha value is -3.03. The van der Waals surface area contributed by atoms with E-state index in [1.807, 2.05) is 45.9 Å². The van der Waals surface area contributed by atoms with Gasteiger partial charge < -0.3 is 15.0 Å². The molecular weight excluding hydrogens is 358 g/mol. The number of fused-ring (bicyclic) bond motifs is 1. The maximum absolute atomic E-state index is 12.3. The molecule has 0 fully saturated rings. The monoisotopic (exact) mass is 385 g/mol. The van der Waals surface area contributed by atoms with E-state index in [0.29, 0.717) is 31.0 Å². The van der Waals surface area contributed by atoms with Crippen molar-refractivity contribution >= 4 is 23.6 Å². The van der Waals surface area contributed by atoms with Gasteiger partial charge in [0, 0.05) is 31.9 Å². The smallest absolute Gasteiger partial charge is 0.410 e. The number of hydrogen-bond donors (Lipinski definition) is 2. The van der Waals surface area contributed by atoms with E-state index in [2.05, 4.69) is 15.7 Å². The van der Waals surface area contributed by atoms with Gasteiger partial charge in [0.15, 0.2) is 0 Å². The number of nitrogens with zero attached hydrogens (tertiary/aromatic N) is 3. The molecule has 8 heteroatoms. The van der Waals surface area contributed by atoms with E-state index in [1.54, 1.807) is 22.7 Å². The number of ether oxygens (including phenoxy) is 1. The Balaban J connectivity index is 1.62. The summed E-state index contributed by atoms with van der Waals surface area (Å²) < 4.78 is 7.07. The first-order valence-corrected chi connectivity index (χ1v) is 9.29. The zero-order chi connectivity index (χ0) is 20.5. The molecular formula is C20H27N5O3. The molecule has 0 unspecified atom stereocenters. The summed E-state index contributed by atoms with van der Waals surface area (Å²) in [6, 6.07) is 7.21. The van der Waals surface area contributed by atoms with Crippen LogP contribution in [-0.2, 0) is 24.8 Å². The Morgan fingerprint density at radius 2 is 1.89 bits per heavy atom. The van der Waals surface area contributed by atoms with Gasteiger partial charge in [-0.1, -0.05) is 6.07 Å². The second-order valence-electron chi connectivity index (χ2n) is 8.01. The third-order valence-electron chi connectivity index (χ3n) is 4.37. The van der Waals surface area contributed by atoms with Crippen LogP contribution < -0.4 is 10.6 Å². The fourth-order valence-corrected chi connectivity index (χ4v) is 3.12. The van der Waals surface area contributed by atoms with Crippen LogP contribution in [0.3, 0.4) is 0 Å². The number of anilines is 2. The Bertz CT molecular complexity index is 898. The minimum atomic E-state index is -0.509. The maximum atomic E-state index is 12.3. The molecule has 3 rings (SSSR count). The molecule has 0 spiro atoms. The van der Waals surface area contributed by atoms with E-state index < -0.39 is 5.60 Å². The lowest BCUT2D eigenvalue weighted by molar-refractivity contribution is 0.0224. The van der Waals surface area contributed by atoms with E-state index in [9.17, 15) is 9.59 Å². The quantitative estimate of drug-likeness (QED) is 0.826. The molecule has 0 aliphatic carbocycles. The first-order chi connectivity index (χ1) is 13.1. The zero-order valence-corrected chi connectivity index (χ0v) is 17.0. The van der Waals surface area contributed by atoms with Gasteiger partial charge in [-0.15, -0.1) is 0 Å². The first-order valence-electron chi connectivity index (χ1n) is 9.29. The van der Waals surface area contributed by atoms with Gasteiger partial charge in [0.2, 0.25) is 0 Å². The standard InChI is InChI=1S/C20H27N5O3/c1-13-10-17(24(5)23-13)22-18(26)21-16-7-6-15-12-25(9-8-14(15)11-16)19(27)28-20(2,3)4/h6-7,10-11H,8-9,12H2,1-5H3,(H2,21,22,26). The van der Waals surface area contributed by atoms with E-state index in [1.165, 1.54) is 0 Å². The lowest BCUT2D eigenvalue weighted by Crippen LogP contribution is -2.39. The van der Waals surface area contributed by atoms with Crippen molar-refractivity contribution < 1.29 is 14.3 Å². The van der Waals surface area contributed by atoms with E-state index in [-0.39, 0.29) is 12.1 Å². The van der Waals surface area contributed by atoms with Crippen molar-refractivity contribution in [2.24, 2.45) is 7.05 Å². The molecule has 1 aliphatic heterocycles. The Labute approximate surface area is 164 Å². The molecule has 0 bridgehead atoms. The Morgan fingerprint density at radius 1 is 1.14 bits per heavy atom. The van der Waals surface area contributed by atoms with Gasteiger partial charge in [-0.05, 0) is 57.4 Å². The fourth-order valence-electron chi connectivity index (χ4n) is 3.12. The van der Waals surface area contributed by atoms with Crippen molar-refractivity contribution in [2.75, 3.05) is 17.2 Å². The topological polar surface area (TPSA) is 88.5 Å². The van der Waals surface area contributed by atoms with Crippen LogP contribution in [0.15, 0.2) is 24.3 Å². The molecule has 8 nitrogen and oxygen atoms in total. The van der Waals surface area contributed by atoms with E-state index in [0.717, 1.165) is 16.8 Å². The number of urea groups is 1. The second-order valence-corrected chi connectivity index (χ2v) is 8.01. The van der Waals surface area contributed by atoms with Gasteiger partial charge in [-0.2, -0.15) is 5.10 Å². The number of aryl methyl sites for hydroxylation is 2. The van der Waals surface area contributed by atoms with Crippen LogP contribution in [0.2, 0.25) is 0 Å². The van der Waals surface area contributed by atoms with Crippen LogP contribution in [0.4, 0.5) is 21.1 Å². The number of carbonyl (C=O) groups excluding carboxylic acids is 2. The highest BCUT2D eigenvalue weighted by Crippen LogP contribution is 2.24. The van der Waals surface area contributed by atoms with Gasteiger partial charge in [0.05, 0.1) is 5.69 Å². The predicted octanol–water partition coefficient (Wildman–Crippen LogP) is 3.67. The van der Waals surface area contributed by atoms with Crippen molar-refractivity contribution in [1.82, 2.24) is 14.7 Å². The summed E-state index contributed by atoms with van der Waals surface area (Å²) in [6.45, 7) is 8.54. The van der Waals surface area contributed by atoms with Gasteiger partial charge in [-0.25, -0.2) is 9.59 Å². The fraction of sp³-hybridized carbons (Fsp3) is 0.450. The van der Waals surface area contributed by atoms with Crippen LogP contribution in [0.25, 0.3) is 0 Å². The molecule has 2 N–H and O–H groups in total. The second kappa shape index (κ2) is 7.53. The van der Waals surface area contributed by atoms with Crippen LogP contribution >= 0.6 is 0 Å². The minimum absolute atomic E-state index is 0.300. The molecule has 2 aromatic rings. The number of aromatic nitrogens is 2. The number of rotatable bonds is 2. The Kier molecular flexibility index (Phi) is 5.31. The normalized spacial score (nSPS) is 13.7. The number of amides is 3. The third-order valence-corrected chi connectivity index (χ3v) is 4.37. The number of carbonyl (C=O) groups is 2. The summed E-state index contributed by atoms with van der Waals surface area (Å²) in [5.41, 5.74) is 3.21. The van der Waals surface area contributed by atoms with Crippen molar-refractivity contribution in [3.05, 3.63) is 41.1 Å². The van der Waals surface area contributed by atoms with Gasteiger partial charge in [-0.3, -0.25) is 10.00 Å². The van der Waals surface area contributed by atoms with Crippen molar-refractivity contribution in [2.45, 2.75) is 46.3 Å². The van der Waals surface area contributed by atoms with Crippen molar-refractivity contribution in [1.29, 1.82) is 0 Å². The van der Waals surface area contributed by atoms with Gasteiger partial charge >= 0.3 is 12.1 Å². The molecule has 0 saturated heterocycles. The molecule has 0 radical (unpaired) electrons. The number of benzene rings is 1. The van der Waals surface area contributed by atoms with E-state index in [4.69, 9.17) is 4.74 Å².